The summed E-state index contributed by atoms with van der Waals surface area (Å²) < 4.78 is 20.1. The number of esters is 3. The normalized spacial score (nSPS) is 16.3. The lowest BCUT2D eigenvalue weighted by Gasteiger charge is -2.31. The van der Waals surface area contributed by atoms with Gasteiger partial charge in [-0.3, -0.25) is 10.1 Å². The van der Waals surface area contributed by atoms with Crippen molar-refractivity contribution in [2.75, 3.05) is 18.5 Å². The monoisotopic (exact) mass is 734 g/mol. The number of piperidine rings is 1. The van der Waals surface area contributed by atoms with Crippen LogP contribution < -0.4 is 10.6 Å². The summed E-state index contributed by atoms with van der Waals surface area (Å²) >= 11 is 0. The molecule has 3 aromatic rings. The number of carboxylic acids is 2. The highest BCUT2D eigenvalue weighted by Crippen LogP contribution is 2.31. The summed E-state index contributed by atoms with van der Waals surface area (Å²) in [6.45, 7) is 12.1. The molecule has 1 heterocycles. The van der Waals surface area contributed by atoms with Gasteiger partial charge in [0, 0.05) is 11.7 Å². The van der Waals surface area contributed by atoms with Crippen LogP contribution >= 0.6 is 0 Å². The number of amides is 1. The van der Waals surface area contributed by atoms with Crippen molar-refractivity contribution >= 4 is 41.6 Å². The zero-order valence-corrected chi connectivity index (χ0v) is 30.5. The van der Waals surface area contributed by atoms with Gasteiger partial charge in [-0.1, -0.05) is 47.5 Å². The Balaban J connectivity index is 0.000000287. The van der Waals surface area contributed by atoms with E-state index in [1.54, 1.807) is 38.1 Å². The number of hydrogen-bond donors (Lipinski definition) is 4. The van der Waals surface area contributed by atoms with E-state index in [1.807, 2.05) is 52.0 Å². The molecule has 1 saturated heterocycles. The second-order valence-electron chi connectivity index (χ2n) is 13.2. The molecular weight excluding hydrogens is 688 g/mol. The molecule has 3 aromatic carbocycles. The largest absolute Gasteiger partial charge is 0.478 e. The Morgan fingerprint density at radius 1 is 0.774 bits per heavy atom. The standard InChI is InChI=1S/C20H18O8.C19H28N2O4/c1-11-3-7-13(8-4-11)19(25)27-15(17(21)22)16(18(23)24)28-20(26)14-9-5-12(2)6-10-14;1-5-24-17(22)15-7-6-12-20-16(15)13-8-10-14(11-9-13)21-18(23)25-19(2,3)4/h3-10,15-16H,1-2H3,(H,21,22)(H,23,24);8-11,15-16,20H,5-7,12H2,1-4H3,(H,21,23)/t2*15-,16-/m10/s1. The number of carbonyl (C=O) groups excluding carboxylic acids is 4. The molecule has 0 bridgehead atoms. The molecule has 4 rings (SSSR count). The van der Waals surface area contributed by atoms with Crippen molar-refractivity contribution in [3.63, 3.8) is 0 Å². The quantitative estimate of drug-likeness (QED) is 0.135. The van der Waals surface area contributed by atoms with Crippen molar-refractivity contribution < 1.29 is 57.9 Å². The van der Waals surface area contributed by atoms with Crippen molar-refractivity contribution in [2.24, 2.45) is 5.92 Å². The average Bonchev–Trinajstić information content (AvgIpc) is 3.10. The molecule has 53 heavy (non-hydrogen) atoms. The first-order valence-corrected chi connectivity index (χ1v) is 17.0. The maximum Gasteiger partial charge on any atom is 0.412 e. The molecule has 1 fully saturated rings. The van der Waals surface area contributed by atoms with Gasteiger partial charge in [0.25, 0.3) is 0 Å². The zero-order valence-electron chi connectivity index (χ0n) is 30.5. The number of rotatable bonds is 11. The minimum absolute atomic E-state index is 0.0332. The third-order valence-electron chi connectivity index (χ3n) is 7.77. The fourth-order valence-corrected chi connectivity index (χ4v) is 5.17. The molecule has 1 aliphatic heterocycles. The van der Waals surface area contributed by atoms with Gasteiger partial charge >= 0.3 is 35.9 Å². The second kappa shape index (κ2) is 19.2. The maximum absolute atomic E-state index is 12.2. The minimum Gasteiger partial charge on any atom is -0.478 e. The van der Waals surface area contributed by atoms with E-state index in [2.05, 4.69) is 10.6 Å². The summed E-state index contributed by atoms with van der Waals surface area (Å²) in [5.41, 5.74) is 2.91. The molecule has 0 spiro atoms. The van der Waals surface area contributed by atoms with Gasteiger partial charge in [0.15, 0.2) is 0 Å². The molecule has 1 amide bonds. The Morgan fingerprint density at radius 3 is 1.66 bits per heavy atom. The first-order valence-electron chi connectivity index (χ1n) is 17.0. The Kier molecular flexibility index (Phi) is 15.1. The summed E-state index contributed by atoms with van der Waals surface area (Å²) in [6.07, 6.45) is -3.16. The van der Waals surface area contributed by atoms with Gasteiger partial charge in [0.05, 0.1) is 23.7 Å². The number of hydrogen-bond acceptors (Lipinski definition) is 11. The first kappa shape index (κ1) is 41.7. The van der Waals surface area contributed by atoms with Crippen LogP contribution in [0.5, 0.6) is 0 Å². The molecule has 0 unspecified atom stereocenters. The van der Waals surface area contributed by atoms with Crippen LogP contribution in [-0.4, -0.2) is 77.1 Å². The van der Waals surface area contributed by atoms with Crippen LogP contribution in [0, 0.1) is 19.8 Å². The smallest absolute Gasteiger partial charge is 0.412 e. The van der Waals surface area contributed by atoms with Crippen LogP contribution in [0.3, 0.4) is 0 Å². The number of anilines is 1. The lowest BCUT2D eigenvalue weighted by atomic mass is 9.86. The summed E-state index contributed by atoms with van der Waals surface area (Å²) in [4.78, 5) is 71.4. The third kappa shape index (κ3) is 13.1. The SMILES string of the molecule is CCOC(=O)[C@H]1CCCN[C@H]1c1ccc(NC(=O)OC(C)(C)C)cc1.Cc1ccc(C(=O)O[C@@H](C(=O)O)[C@@H](OC(=O)c2ccc(C)cc2)C(=O)O)cc1. The van der Waals surface area contributed by atoms with Crippen LogP contribution in [0.25, 0.3) is 0 Å². The van der Waals surface area contributed by atoms with Gasteiger partial charge in [-0.2, -0.15) is 0 Å². The fourth-order valence-electron chi connectivity index (χ4n) is 5.17. The molecule has 14 heteroatoms. The van der Waals surface area contributed by atoms with Gasteiger partial charge in [0.1, 0.15) is 5.60 Å². The van der Waals surface area contributed by atoms with Crippen molar-refractivity contribution in [1.29, 1.82) is 0 Å². The van der Waals surface area contributed by atoms with Crippen molar-refractivity contribution in [3.05, 3.63) is 101 Å². The number of nitrogens with one attached hydrogen (secondary N) is 2. The number of carboxylic acid groups (broad SMARTS) is 2. The second-order valence-corrected chi connectivity index (χ2v) is 13.2. The van der Waals surface area contributed by atoms with Crippen LogP contribution in [0.4, 0.5) is 10.5 Å². The van der Waals surface area contributed by atoms with Crippen LogP contribution in [0.2, 0.25) is 0 Å². The topological polar surface area (TPSA) is 204 Å². The Hall–Kier alpha value is -5.76. The molecule has 284 valence electrons. The van der Waals surface area contributed by atoms with Crippen LogP contribution in [-0.2, 0) is 33.3 Å². The lowest BCUT2D eigenvalue weighted by Crippen LogP contribution is -2.45. The van der Waals surface area contributed by atoms with Crippen molar-refractivity contribution in [2.45, 2.75) is 78.2 Å². The zero-order chi connectivity index (χ0) is 39.3. The molecule has 0 radical (unpaired) electrons. The van der Waals surface area contributed by atoms with Gasteiger partial charge < -0.3 is 34.5 Å². The summed E-state index contributed by atoms with van der Waals surface area (Å²) in [7, 11) is 0. The predicted molar refractivity (Wildman–Crippen MR) is 192 cm³/mol. The average molecular weight is 735 g/mol. The third-order valence-corrected chi connectivity index (χ3v) is 7.77. The minimum atomic E-state index is -2.22. The molecule has 14 nitrogen and oxygen atoms in total. The van der Waals surface area contributed by atoms with E-state index in [-0.39, 0.29) is 29.1 Å². The van der Waals surface area contributed by atoms with Crippen molar-refractivity contribution in [1.82, 2.24) is 5.32 Å². The Morgan fingerprint density at radius 2 is 1.25 bits per heavy atom. The summed E-state index contributed by atoms with van der Waals surface area (Å²) in [5.74, 6) is -5.96. The maximum atomic E-state index is 12.2. The number of carbonyl (C=O) groups is 6. The first-order chi connectivity index (χ1) is 25.0. The fraction of sp³-hybridized carbons (Fsp3) is 0.385. The molecule has 4 N–H and O–H groups in total. The molecule has 0 aromatic heterocycles. The van der Waals surface area contributed by atoms with Gasteiger partial charge in [-0.05, 0) is 103 Å². The van der Waals surface area contributed by atoms with Gasteiger partial charge in [-0.15, -0.1) is 0 Å². The van der Waals surface area contributed by atoms with E-state index >= 15 is 0 Å². The molecular formula is C39H46N2O12. The van der Waals surface area contributed by atoms with E-state index in [9.17, 15) is 39.0 Å². The molecule has 0 saturated carbocycles. The molecule has 0 aliphatic carbocycles. The van der Waals surface area contributed by atoms with Gasteiger partial charge in [0.2, 0.25) is 12.2 Å². The van der Waals surface area contributed by atoms with Crippen molar-refractivity contribution in [3.8, 4) is 0 Å². The molecule has 1 aliphatic rings. The highest BCUT2D eigenvalue weighted by molar-refractivity contribution is 5.95. The molecule has 4 atom stereocenters. The highest BCUT2D eigenvalue weighted by atomic mass is 16.6. The van der Waals surface area contributed by atoms with E-state index in [0.29, 0.717) is 12.3 Å². The Bertz CT molecular complexity index is 1660. The number of ether oxygens (including phenoxy) is 4. The lowest BCUT2D eigenvalue weighted by molar-refractivity contribution is -0.166. The predicted octanol–water partition coefficient (Wildman–Crippen LogP) is 5.86. The van der Waals surface area contributed by atoms with E-state index < -0.39 is 47.8 Å². The summed E-state index contributed by atoms with van der Waals surface area (Å²) in [5, 5.41) is 24.8. The van der Waals surface area contributed by atoms with E-state index in [0.717, 1.165) is 36.1 Å². The summed E-state index contributed by atoms with van der Waals surface area (Å²) in [6, 6.07) is 19.5. The van der Waals surface area contributed by atoms with E-state index in [4.69, 9.17) is 18.9 Å². The number of aliphatic carboxylic acids is 2. The number of benzene rings is 3. The van der Waals surface area contributed by atoms with Gasteiger partial charge in [-0.25, -0.2) is 24.0 Å². The van der Waals surface area contributed by atoms with E-state index in [1.165, 1.54) is 24.3 Å². The van der Waals surface area contributed by atoms with Crippen LogP contribution in [0.1, 0.15) is 84.0 Å². The van der Waals surface area contributed by atoms with Crippen LogP contribution in [0.15, 0.2) is 72.8 Å². The highest BCUT2D eigenvalue weighted by Gasteiger charge is 2.41. The Labute approximate surface area is 307 Å². The number of aryl methyl sites for hydroxylation is 2.